The fraction of sp³-hybridized carbons (Fsp3) is 0.111. The Morgan fingerprint density at radius 3 is 2.06 bits per heavy atom. The molecule has 0 unspecified atom stereocenters. The number of nitrogens with zero attached hydrogens (tertiary/aromatic N) is 1. The zero-order valence-electron chi connectivity index (χ0n) is 17.7. The van der Waals surface area contributed by atoms with Crippen LogP contribution in [0.2, 0.25) is 0 Å². The lowest BCUT2D eigenvalue weighted by molar-refractivity contribution is 0.0943. The third-order valence-electron chi connectivity index (χ3n) is 5.45. The largest absolute Gasteiger partial charge is 0.341 e. The first-order chi connectivity index (χ1) is 15.1. The molecule has 31 heavy (non-hydrogen) atoms. The van der Waals surface area contributed by atoms with Crippen molar-refractivity contribution in [2.75, 3.05) is 5.32 Å². The van der Waals surface area contributed by atoms with Gasteiger partial charge in [-0.25, -0.2) is 4.98 Å². The highest BCUT2D eigenvalue weighted by Crippen LogP contribution is 2.26. The predicted molar refractivity (Wildman–Crippen MR) is 126 cm³/mol. The van der Waals surface area contributed by atoms with Gasteiger partial charge in [-0.05, 0) is 54.3 Å². The normalized spacial score (nSPS) is 10.7. The Balaban J connectivity index is 1.65. The molecule has 2 N–H and O–H groups in total. The van der Waals surface area contributed by atoms with Crippen LogP contribution < -0.4 is 10.6 Å². The van der Waals surface area contributed by atoms with Gasteiger partial charge in [-0.1, -0.05) is 72.8 Å². The van der Waals surface area contributed by atoms with Crippen LogP contribution >= 0.6 is 0 Å². The smallest absolute Gasteiger partial charge is 0.255 e. The molecule has 4 nitrogen and oxygen atoms in total. The van der Waals surface area contributed by atoms with E-state index >= 15 is 0 Å². The Morgan fingerprint density at radius 2 is 1.42 bits per heavy atom. The van der Waals surface area contributed by atoms with Crippen LogP contribution in [0.4, 0.5) is 11.5 Å². The lowest BCUT2D eigenvalue weighted by atomic mass is 9.98. The monoisotopic (exact) mass is 407 g/mol. The van der Waals surface area contributed by atoms with Gasteiger partial charge in [0.2, 0.25) is 0 Å². The van der Waals surface area contributed by atoms with Crippen molar-refractivity contribution < 1.29 is 4.79 Å². The maximum absolute atomic E-state index is 13.4. The van der Waals surface area contributed by atoms with Gasteiger partial charge >= 0.3 is 0 Å². The van der Waals surface area contributed by atoms with Crippen LogP contribution in [0, 0.1) is 13.8 Å². The van der Waals surface area contributed by atoms with Gasteiger partial charge < -0.3 is 10.6 Å². The Hall–Kier alpha value is -3.92. The van der Waals surface area contributed by atoms with Crippen LogP contribution in [0.3, 0.4) is 0 Å². The second kappa shape index (κ2) is 9.26. The number of hydrogen-bond acceptors (Lipinski definition) is 3. The van der Waals surface area contributed by atoms with Gasteiger partial charge in [-0.15, -0.1) is 0 Å². The summed E-state index contributed by atoms with van der Waals surface area (Å²) >= 11 is 0. The minimum absolute atomic E-state index is 0.182. The molecule has 0 spiro atoms. The minimum atomic E-state index is -0.260. The number of rotatable bonds is 6. The molecule has 0 aliphatic carbocycles. The SMILES string of the molecule is Cc1cccc(Nc2ncccc2C(=O)NC(c2ccccc2)c2ccccc2)c1C. The summed E-state index contributed by atoms with van der Waals surface area (Å²) in [7, 11) is 0. The zero-order valence-corrected chi connectivity index (χ0v) is 17.7. The van der Waals surface area contributed by atoms with Crippen molar-refractivity contribution in [1.82, 2.24) is 10.3 Å². The quantitative estimate of drug-likeness (QED) is 0.414. The Bertz CT molecular complexity index is 1130. The van der Waals surface area contributed by atoms with Gasteiger partial charge in [0, 0.05) is 11.9 Å². The third-order valence-corrected chi connectivity index (χ3v) is 5.45. The molecule has 1 aromatic heterocycles. The maximum atomic E-state index is 13.4. The third kappa shape index (κ3) is 4.64. The van der Waals surface area contributed by atoms with Gasteiger partial charge in [-0.2, -0.15) is 0 Å². The second-order valence-corrected chi connectivity index (χ2v) is 7.50. The van der Waals surface area contributed by atoms with Crippen molar-refractivity contribution in [2.24, 2.45) is 0 Å². The first-order valence-electron chi connectivity index (χ1n) is 10.3. The number of carbonyl (C=O) groups is 1. The summed E-state index contributed by atoms with van der Waals surface area (Å²) in [5.41, 5.74) is 5.80. The molecule has 0 aliphatic heterocycles. The summed E-state index contributed by atoms with van der Waals surface area (Å²) in [6.45, 7) is 4.12. The summed E-state index contributed by atoms with van der Waals surface area (Å²) in [6.07, 6.45) is 1.69. The highest BCUT2D eigenvalue weighted by Gasteiger charge is 2.20. The molecule has 4 heteroatoms. The average molecular weight is 408 g/mol. The first kappa shape index (κ1) is 20.4. The van der Waals surface area contributed by atoms with E-state index in [0.717, 1.165) is 22.4 Å². The van der Waals surface area contributed by atoms with E-state index in [-0.39, 0.29) is 11.9 Å². The first-order valence-corrected chi connectivity index (χ1v) is 10.3. The number of aromatic nitrogens is 1. The minimum Gasteiger partial charge on any atom is -0.341 e. The van der Waals surface area contributed by atoms with E-state index < -0.39 is 0 Å². The van der Waals surface area contributed by atoms with Crippen molar-refractivity contribution in [3.05, 3.63) is 125 Å². The molecule has 0 atom stereocenters. The number of nitrogens with one attached hydrogen (secondary N) is 2. The molecule has 0 fully saturated rings. The molecule has 1 heterocycles. The maximum Gasteiger partial charge on any atom is 0.255 e. The number of carbonyl (C=O) groups excluding carboxylic acids is 1. The van der Waals surface area contributed by atoms with E-state index in [4.69, 9.17) is 0 Å². The van der Waals surface area contributed by atoms with E-state index in [0.29, 0.717) is 11.4 Å². The molecule has 154 valence electrons. The molecule has 1 amide bonds. The van der Waals surface area contributed by atoms with Crippen LogP contribution in [0.15, 0.2) is 97.2 Å². The Kier molecular flexibility index (Phi) is 6.08. The Labute approximate surface area is 183 Å². The number of amides is 1. The van der Waals surface area contributed by atoms with E-state index in [9.17, 15) is 4.79 Å². The average Bonchev–Trinajstić information content (AvgIpc) is 2.82. The molecule has 0 aliphatic rings. The summed E-state index contributed by atoms with van der Waals surface area (Å²) in [5, 5.41) is 6.54. The number of pyridine rings is 1. The van der Waals surface area contributed by atoms with Gasteiger partial charge in [0.25, 0.3) is 5.91 Å². The van der Waals surface area contributed by atoms with Crippen molar-refractivity contribution in [3.63, 3.8) is 0 Å². The molecule has 0 radical (unpaired) electrons. The van der Waals surface area contributed by atoms with Crippen LogP contribution in [0.5, 0.6) is 0 Å². The number of benzene rings is 3. The molecule has 0 saturated heterocycles. The fourth-order valence-electron chi connectivity index (χ4n) is 3.56. The highest BCUT2D eigenvalue weighted by molar-refractivity contribution is 5.99. The van der Waals surface area contributed by atoms with Crippen LogP contribution in [0.25, 0.3) is 0 Å². The summed E-state index contributed by atoms with van der Waals surface area (Å²) in [5.74, 6) is 0.354. The van der Waals surface area contributed by atoms with Gasteiger partial charge in [0.05, 0.1) is 11.6 Å². The van der Waals surface area contributed by atoms with Crippen LogP contribution in [-0.4, -0.2) is 10.9 Å². The number of anilines is 2. The summed E-state index contributed by atoms with van der Waals surface area (Å²) in [6, 6.07) is 29.3. The molecule has 0 saturated carbocycles. The molecular formula is C27H25N3O. The fourth-order valence-corrected chi connectivity index (χ4v) is 3.56. The van der Waals surface area contributed by atoms with E-state index in [1.54, 1.807) is 18.3 Å². The van der Waals surface area contributed by atoms with Gasteiger partial charge in [0.1, 0.15) is 5.82 Å². The summed E-state index contributed by atoms with van der Waals surface area (Å²) in [4.78, 5) is 17.8. The topological polar surface area (TPSA) is 54.0 Å². The highest BCUT2D eigenvalue weighted by atomic mass is 16.1. The van der Waals surface area contributed by atoms with Crippen LogP contribution in [-0.2, 0) is 0 Å². The lowest BCUT2D eigenvalue weighted by Crippen LogP contribution is -2.30. The van der Waals surface area contributed by atoms with Gasteiger partial charge in [-0.3, -0.25) is 4.79 Å². The van der Waals surface area contributed by atoms with Crippen molar-refractivity contribution in [3.8, 4) is 0 Å². The predicted octanol–water partition coefficient (Wildman–Crippen LogP) is 5.96. The standard InChI is InChI=1S/C27H25N3O/c1-19-11-9-17-24(20(19)2)29-26-23(16-10-18-28-26)27(31)30-25(21-12-5-3-6-13-21)22-14-7-4-8-15-22/h3-18,25H,1-2H3,(H,28,29)(H,30,31). The molecule has 3 aromatic carbocycles. The Morgan fingerprint density at radius 1 is 0.774 bits per heavy atom. The van der Waals surface area contributed by atoms with Crippen molar-refractivity contribution in [1.29, 1.82) is 0 Å². The molecular weight excluding hydrogens is 382 g/mol. The van der Waals surface area contributed by atoms with Crippen molar-refractivity contribution in [2.45, 2.75) is 19.9 Å². The number of hydrogen-bond donors (Lipinski definition) is 2. The molecule has 0 bridgehead atoms. The van der Waals surface area contributed by atoms with E-state index in [1.807, 2.05) is 72.8 Å². The molecule has 4 aromatic rings. The lowest BCUT2D eigenvalue weighted by Gasteiger charge is -2.21. The number of aryl methyl sites for hydroxylation is 1. The van der Waals surface area contributed by atoms with Crippen molar-refractivity contribution >= 4 is 17.4 Å². The summed E-state index contributed by atoms with van der Waals surface area (Å²) < 4.78 is 0. The van der Waals surface area contributed by atoms with E-state index in [1.165, 1.54) is 5.56 Å². The molecule has 4 rings (SSSR count). The van der Waals surface area contributed by atoms with E-state index in [2.05, 4.69) is 35.5 Å². The van der Waals surface area contributed by atoms with Crippen LogP contribution in [0.1, 0.15) is 38.7 Å². The second-order valence-electron chi connectivity index (χ2n) is 7.50. The van der Waals surface area contributed by atoms with Gasteiger partial charge in [0.15, 0.2) is 0 Å². The zero-order chi connectivity index (χ0) is 21.6.